The summed E-state index contributed by atoms with van der Waals surface area (Å²) in [6, 6.07) is 12.0. The van der Waals surface area contributed by atoms with E-state index in [-0.39, 0.29) is 22.6 Å². The van der Waals surface area contributed by atoms with Crippen LogP contribution in [-0.2, 0) is 9.59 Å². The van der Waals surface area contributed by atoms with Gasteiger partial charge in [0.05, 0.1) is 16.5 Å². The SMILES string of the molecule is CCCN1C(=O)C(=O)/C(=C(/O)c2ccc([N+](=O)[O-])cc2)C1c1c[nH]c2ccccc12. The van der Waals surface area contributed by atoms with Gasteiger partial charge in [-0.25, -0.2) is 0 Å². The number of benzene rings is 2. The number of carbonyl (C=O) groups excluding carboxylic acids is 2. The number of nitrogens with zero attached hydrogens (tertiary/aromatic N) is 2. The summed E-state index contributed by atoms with van der Waals surface area (Å²) in [5, 5.41) is 22.7. The molecule has 152 valence electrons. The predicted molar refractivity (Wildman–Crippen MR) is 111 cm³/mol. The second-order valence-corrected chi connectivity index (χ2v) is 7.09. The first-order chi connectivity index (χ1) is 14.4. The smallest absolute Gasteiger partial charge is 0.295 e. The summed E-state index contributed by atoms with van der Waals surface area (Å²) in [7, 11) is 0. The van der Waals surface area contributed by atoms with Crippen LogP contribution in [-0.4, -0.2) is 38.1 Å². The number of carbonyl (C=O) groups is 2. The molecule has 2 aromatic carbocycles. The third kappa shape index (κ3) is 3.02. The summed E-state index contributed by atoms with van der Waals surface area (Å²) in [5.74, 6) is -1.79. The molecule has 0 radical (unpaired) electrons. The van der Waals surface area contributed by atoms with E-state index in [4.69, 9.17) is 0 Å². The molecule has 8 heteroatoms. The number of H-pyrrole nitrogens is 1. The van der Waals surface area contributed by atoms with Crippen molar-refractivity contribution in [1.82, 2.24) is 9.88 Å². The Labute approximate surface area is 171 Å². The van der Waals surface area contributed by atoms with Crippen molar-refractivity contribution in [2.45, 2.75) is 19.4 Å². The molecule has 0 bridgehead atoms. The second kappa shape index (κ2) is 7.47. The number of amides is 1. The maximum Gasteiger partial charge on any atom is 0.295 e. The Bertz CT molecular complexity index is 1190. The molecular formula is C22H19N3O5. The number of nitro groups is 1. The van der Waals surface area contributed by atoms with Gasteiger partial charge in [0.2, 0.25) is 0 Å². The third-order valence-electron chi connectivity index (χ3n) is 5.27. The van der Waals surface area contributed by atoms with Crippen LogP contribution < -0.4 is 0 Å². The number of aliphatic hydroxyl groups excluding tert-OH is 1. The lowest BCUT2D eigenvalue weighted by Gasteiger charge is -2.24. The van der Waals surface area contributed by atoms with E-state index < -0.39 is 22.7 Å². The topological polar surface area (TPSA) is 117 Å². The number of aliphatic hydroxyl groups is 1. The Kier molecular flexibility index (Phi) is 4.83. The summed E-state index contributed by atoms with van der Waals surface area (Å²) in [4.78, 5) is 40.6. The lowest BCUT2D eigenvalue weighted by Crippen LogP contribution is -2.30. The van der Waals surface area contributed by atoms with Gasteiger partial charge < -0.3 is 15.0 Å². The zero-order chi connectivity index (χ0) is 21.4. The molecule has 2 N–H and O–H groups in total. The van der Waals surface area contributed by atoms with Gasteiger partial charge in [0.25, 0.3) is 17.4 Å². The van der Waals surface area contributed by atoms with Crippen LogP contribution in [0.2, 0.25) is 0 Å². The molecule has 0 spiro atoms. The first-order valence-corrected chi connectivity index (χ1v) is 9.53. The van der Waals surface area contributed by atoms with Gasteiger partial charge in [-0.1, -0.05) is 25.1 Å². The number of fused-ring (bicyclic) bond motifs is 1. The number of nitro benzene ring substituents is 1. The van der Waals surface area contributed by atoms with Gasteiger partial charge in [-0.2, -0.15) is 0 Å². The van der Waals surface area contributed by atoms with Crippen molar-refractivity contribution in [3.8, 4) is 0 Å². The van der Waals surface area contributed by atoms with Crippen LogP contribution in [0.15, 0.2) is 60.3 Å². The third-order valence-corrected chi connectivity index (χ3v) is 5.27. The Morgan fingerprint density at radius 3 is 2.53 bits per heavy atom. The van der Waals surface area contributed by atoms with Gasteiger partial charge in [0.15, 0.2) is 0 Å². The van der Waals surface area contributed by atoms with E-state index in [1.54, 1.807) is 6.20 Å². The van der Waals surface area contributed by atoms with Crippen LogP contribution in [0.1, 0.15) is 30.5 Å². The molecular weight excluding hydrogens is 386 g/mol. The van der Waals surface area contributed by atoms with Gasteiger partial charge in [0.1, 0.15) is 5.76 Å². The van der Waals surface area contributed by atoms with Crippen molar-refractivity contribution in [2.24, 2.45) is 0 Å². The van der Waals surface area contributed by atoms with E-state index in [1.807, 2.05) is 31.2 Å². The average molecular weight is 405 g/mol. The van der Waals surface area contributed by atoms with Gasteiger partial charge in [-0.05, 0) is 24.6 Å². The van der Waals surface area contributed by atoms with E-state index in [0.29, 0.717) is 18.5 Å². The van der Waals surface area contributed by atoms with Crippen molar-refractivity contribution >= 4 is 34.0 Å². The van der Waals surface area contributed by atoms with Crippen LogP contribution in [0.4, 0.5) is 5.69 Å². The lowest BCUT2D eigenvalue weighted by molar-refractivity contribution is -0.384. The molecule has 1 atom stereocenters. The maximum atomic E-state index is 12.9. The number of para-hydroxylation sites is 1. The highest BCUT2D eigenvalue weighted by atomic mass is 16.6. The molecule has 30 heavy (non-hydrogen) atoms. The molecule has 3 aromatic rings. The Hall–Kier alpha value is -3.94. The number of non-ortho nitro benzene ring substituents is 1. The van der Waals surface area contributed by atoms with E-state index in [1.165, 1.54) is 29.2 Å². The minimum absolute atomic E-state index is 0.0212. The van der Waals surface area contributed by atoms with Crippen LogP contribution in [0.25, 0.3) is 16.7 Å². The molecule has 1 aromatic heterocycles. The molecule has 1 saturated heterocycles. The Morgan fingerprint density at radius 1 is 1.17 bits per heavy atom. The summed E-state index contributed by atoms with van der Waals surface area (Å²) in [6.45, 7) is 2.26. The molecule has 1 fully saturated rings. The van der Waals surface area contributed by atoms with E-state index >= 15 is 0 Å². The van der Waals surface area contributed by atoms with Gasteiger partial charge >= 0.3 is 0 Å². The molecule has 4 rings (SSSR count). The lowest BCUT2D eigenvalue weighted by atomic mass is 9.95. The van der Waals surface area contributed by atoms with Crippen LogP contribution in [0.5, 0.6) is 0 Å². The molecule has 1 unspecified atom stereocenters. The minimum atomic E-state index is -0.769. The predicted octanol–water partition coefficient (Wildman–Crippen LogP) is 3.91. The summed E-state index contributed by atoms with van der Waals surface area (Å²) < 4.78 is 0. The molecule has 0 saturated carbocycles. The molecule has 8 nitrogen and oxygen atoms in total. The highest BCUT2D eigenvalue weighted by Gasteiger charge is 2.46. The molecule has 1 aliphatic rings. The average Bonchev–Trinajstić information content (AvgIpc) is 3.28. The number of rotatable bonds is 5. The van der Waals surface area contributed by atoms with Crippen molar-refractivity contribution in [2.75, 3.05) is 6.54 Å². The maximum absolute atomic E-state index is 12.9. The fourth-order valence-electron chi connectivity index (χ4n) is 3.89. The number of nitrogens with one attached hydrogen (secondary N) is 1. The minimum Gasteiger partial charge on any atom is -0.507 e. The normalized spacial score (nSPS) is 18.3. The highest BCUT2D eigenvalue weighted by Crippen LogP contribution is 2.42. The summed E-state index contributed by atoms with van der Waals surface area (Å²) >= 11 is 0. The van der Waals surface area contributed by atoms with Gasteiger partial charge in [-0.3, -0.25) is 19.7 Å². The fraction of sp³-hybridized carbons (Fsp3) is 0.182. The first-order valence-electron chi connectivity index (χ1n) is 9.53. The number of hydrogen-bond donors (Lipinski definition) is 2. The largest absolute Gasteiger partial charge is 0.507 e. The summed E-state index contributed by atoms with van der Waals surface area (Å²) in [6.07, 6.45) is 2.39. The van der Waals surface area contributed by atoms with Crippen LogP contribution in [0, 0.1) is 10.1 Å². The number of likely N-dealkylation sites (tertiary alicyclic amines) is 1. The monoisotopic (exact) mass is 405 g/mol. The molecule has 1 aliphatic heterocycles. The Balaban J connectivity index is 1.91. The van der Waals surface area contributed by atoms with Crippen LogP contribution >= 0.6 is 0 Å². The second-order valence-electron chi connectivity index (χ2n) is 7.09. The van der Waals surface area contributed by atoms with Crippen molar-refractivity contribution in [3.05, 3.63) is 81.5 Å². The number of hydrogen-bond acceptors (Lipinski definition) is 5. The van der Waals surface area contributed by atoms with Gasteiger partial charge in [-0.15, -0.1) is 0 Å². The zero-order valence-corrected chi connectivity index (χ0v) is 16.2. The van der Waals surface area contributed by atoms with Crippen LogP contribution in [0.3, 0.4) is 0 Å². The van der Waals surface area contributed by atoms with Crippen molar-refractivity contribution in [3.63, 3.8) is 0 Å². The van der Waals surface area contributed by atoms with E-state index in [0.717, 1.165) is 10.9 Å². The fourth-order valence-corrected chi connectivity index (χ4v) is 3.89. The van der Waals surface area contributed by atoms with Crippen molar-refractivity contribution in [1.29, 1.82) is 0 Å². The Morgan fingerprint density at radius 2 is 1.87 bits per heavy atom. The zero-order valence-electron chi connectivity index (χ0n) is 16.2. The number of aromatic amines is 1. The number of aromatic nitrogens is 1. The van der Waals surface area contributed by atoms with E-state index in [2.05, 4.69) is 4.98 Å². The highest BCUT2D eigenvalue weighted by molar-refractivity contribution is 6.46. The molecule has 0 aliphatic carbocycles. The first kappa shape index (κ1) is 19.4. The number of Topliss-reactive ketones (excluding diaryl/α,β-unsaturated/α-hetero) is 1. The molecule has 1 amide bonds. The van der Waals surface area contributed by atoms with Crippen molar-refractivity contribution < 1.29 is 19.6 Å². The standard InChI is InChI=1S/C22H19N3O5/c1-2-11-24-19(16-12-23-17-6-4-3-5-15(16)17)18(21(27)22(24)28)20(26)13-7-9-14(10-8-13)25(29)30/h3-10,12,19,23,26H,2,11H2,1H3/b20-18+. The quantitative estimate of drug-likeness (QED) is 0.219. The van der Waals surface area contributed by atoms with E-state index in [9.17, 15) is 24.8 Å². The summed E-state index contributed by atoms with van der Waals surface area (Å²) in [5.41, 5.74) is 1.64. The van der Waals surface area contributed by atoms with Gasteiger partial charge in [0, 0.05) is 46.9 Å². The molecule has 2 heterocycles. The number of ketones is 1.